The van der Waals surface area contributed by atoms with Gasteiger partial charge in [0.15, 0.2) is 0 Å². The molecule has 3 rings (SSSR count). The van der Waals surface area contributed by atoms with Gasteiger partial charge in [0.05, 0.1) is 17.7 Å². The molecule has 1 aliphatic heterocycles. The summed E-state index contributed by atoms with van der Waals surface area (Å²) in [6, 6.07) is 12.2. The van der Waals surface area contributed by atoms with Gasteiger partial charge < -0.3 is 9.64 Å². The van der Waals surface area contributed by atoms with Crippen molar-refractivity contribution < 1.29 is 17.9 Å². The van der Waals surface area contributed by atoms with Crippen molar-refractivity contribution in [2.24, 2.45) is 0 Å². The second kappa shape index (κ2) is 9.84. The largest absolute Gasteiger partial charge is 0.495 e. The number of anilines is 1. The maximum absolute atomic E-state index is 12.7. The summed E-state index contributed by atoms with van der Waals surface area (Å²) in [5.74, 6) is 1.84. The van der Waals surface area contributed by atoms with Crippen molar-refractivity contribution in [3.63, 3.8) is 0 Å². The summed E-state index contributed by atoms with van der Waals surface area (Å²) in [4.78, 5) is 13.8. The molecule has 0 spiro atoms. The van der Waals surface area contributed by atoms with Crippen molar-refractivity contribution >= 4 is 45.0 Å². The van der Waals surface area contributed by atoms with Crippen molar-refractivity contribution in [1.82, 2.24) is 4.72 Å². The Bertz CT molecular complexity index is 982. The molecule has 9 heteroatoms. The third-order valence-electron chi connectivity index (χ3n) is 4.52. The molecule has 1 fully saturated rings. The van der Waals surface area contributed by atoms with Crippen molar-refractivity contribution in [1.29, 1.82) is 0 Å². The fraction of sp³-hybridized carbons (Fsp3) is 0.350. The number of halogens is 1. The van der Waals surface area contributed by atoms with Gasteiger partial charge in [-0.1, -0.05) is 23.7 Å². The quantitative estimate of drug-likeness (QED) is 0.585. The van der Waals surface area contributed by atoms with E-state index in [-0.39, 0.29) is 10.8 Å². The van der Waals surface area contributed by atoms with Gasteiger partial charge in [0.2, 0.25) is 15.9 Å². The monoisotopic (exact) mass is 454 g/mol. The lowest BCUT2D eigenvalue weighted by atomic mass is 10.2. The first-order valence-electron chi connectivity index (χ1n) is 9.21. The van der Waals surface area contributed by atoms with Crippen molar-refractivity contribution in [3.05, 3.63) is 53.1 Å². The predicted molar refractivity (Wildman–Crippen MR) is 117 cm³/mol. The highest BCUT2D eigenvalue weighted by Gasteiger charge is 2.26. The topological polar surface area (TPSA) is 75.7 Å². The summed E-state index contributed by atoms with van der Waals surface area (Å²) < 4.78 is 33.3. The molecule has 6 nitrogen and oxygen atoms in total. The summed E-state index contributed by atoms with van der Waals surface area (Å²) in [5, 5.41) is 0.690. The SMILES string of the molecule is COc1ccc(S(=O)(=O)NCCSCc2cccc(Cl)c2)cc1N1CCCC1=O. The molecule has 0 atom stereocenters. The minimum atomic E-state index is -3.68. The number of sulfonamides is 1. The summed E-state index contributed by atoms with van der Waals surface area (Å²) in [7, 11) is -2.18. The number of hydrogen-bond donors (Lipinski definition) is 1. The zero-order valence-electron chi connectivity index (χ0n) is 16.1. The Balaban J connectivity index is 1.61. The molecule has 0 bridgehead atoms. The van der Waals surface area contributed by atoms with Gasteiger partial charge in [-0.15, -0.1) is 0 Å². The average Bonchev–Trinajstić information content (AvgIpc) is 3.13. The van der Waals surface area contributed by atoms with E-state index in [1.54, 1.807) is 22.7 Å². The van der Waals surface area contributed by atoms with Gasteiger partial charge in [-0.3, -0.25) is 4.79 Å². The molecule has 29 heavy (non-hydrogen) atoms. The predicted octanol–water partition coefficient (Wildman–Crippen LogP) is 3.69. The highest BCUT2D eigenvalue weighted by atomic mass is 35.5. The number of carbonyl (C=O) groups excluding carboxylic acids is 1. The fourth-order valence-corrected chi connectivity index (χ4v) is 5.30. The molecule has 0 radical (unpaired) electrons. The van der Waals surface area contributed by atoms with Crippen LogP contribution in [-0.2, 0) is 20.6 Å². The van der Waals surface area contributed by atoms with Crippen LogP contribution in [0.25, 0.3) is 0 Å². The number of nitrogens with one attached hydrogen (secondary N) is 1. The summed E-state index contributed by atoms with van der Waals surface area (Å²) in [6.07, 6.45) is 1.21. The van der Waals surface area contributed by atoms with E-state index < -0.39 is 10.0 Å². The van der Waals surface area contributed by atoms with Crippen LogP contribution in [0.15, 0.2) is 47.4 Å². The van der Waals surface area contributed by atoms with Gasteiger partial charge in [-0.2, -0.15) is 11.8 Å². The lowest BCUT2D eigenvalue weighted by Gasteiger charge is -2.20. The molecule has 2 aromatic rings. The minimum absolute atomic E-state index is 0.0248. The number of ether oxygens (including phenoxy) is 1. The molecule has 0 unspecified atom stereocenters. The minimum Gasteiger partial charge on any atom is -0.495 e. The zero-order valence-corrected chi connectivity index (χ0v) is 18.4. The normalized spacial score (nSPS) is 14.4. The van der Waals surface area contributed by atoms with Crippen molar-refractivity contribution in [2.45, 2.75) is 23.5 Å². The maximum Gasteiger partial charge on any atom is 0.240 e. The Labute approximate surface area is 180 Å². The van der Waals surface area contributed by atoms with Crippen LogP contribution in [0.2, 0.25) is 5.02 Å². The van der Waals surface area contributed by atoms with Gasteiger partial charge in [0.1, 0.15) is 5.75 Å². The first kappa shape index (κ1) is 22.0. The van der Waals surface area contributed by atoms with Crippen LogP contribution in [0.1, 0.15) is 18.4 Å². The van der Waals surface area contributed by atoms with E-state index in [1.807, 2.05) is 24.3 Å². The molecule has 1 amide bonds. The number of hydrogen-bond acceptors (Lipinski definition) is 5. The Hall–Kier alpha value is -1.74. The molecular weight excluding hydrogens is 432 g/mol. The number of nitrogens with zero attached hydrogens (tertiary/aromatic N) is 1. The van der Waals surface area contributed by atoms with Gasteiger partial charge in [0.25, 0.3) is 0 Å². The average molecular weight is 455 g/mol. The first-order chi connectivity index (χ1) is 13.9. The Kier molecular flexibility index (Phi) is 7.45. The molecule has 156 valence electrons. The summed E-state index contributed by atoms with van der Waals surface area (Å²) >= 11 is 7.59. The van der Waals surface area contributed by atoms with Crippen LogP contribution >= 0.6 is 23.4 Å². The number of thioether (sulfide) groups is 1. The maximum atomic E-state index is 12.7. The van der Waals surface area contributed by atoms with E-state index in [2.05, 4.69) is 4.72 Å². The Morgan fingerprint density at radius 3 is 2.76 bits per heavy atom. The van der Waals surface area contributed by atoms with Crippen LogP contribution in [0.5, 0.6) is 5.75 Å². The molecule has 2 aromatic carbocycles. The Morgan fingerprint density at radius 1 is 1.24 bits per heavy atom. The lowest BCUT2D eigenvalue weighted by Crippen LogP contribution is -2.27. The smallest absolute Gasteiger partial charge is 0.240 e. The fourth-order valence-electron chi connectivity index (χ4n) is 3.10. The molecule has 1 aliphatic rings. The lowest BCUT2D eigenvalue weighted by molar-refractivity contribution is -0.117. The number of methoxy groups -OCH3 is 1. The number of benzene rings is 2. The summed E-state index contributed by atoms with van der Waals surface area (Å²) in [5.41, 5.74) is 1.59. The van der Waals surface area contributed by atoms with Crippen LogP contribution in [-0.4, -0.2) is 40.3 Å². The third-order valence-corrected chi connectivity index (χ3v) is 7.25. The second-order valence-corrected chi connectivity index (χ2v) is 9.87. The van der Waals surface area contributed by atoms with Crippen LogP contribution in [0.3, 0.4) is 0 Å². The van der Waals surface area contributed by atoms with Gasteiger partial charge in [-0.05, 0) is 42.3 Å². The van der Waals surface area contributed by atoms with Crippen LogP contribution in [0, 0.1) is 0 Å². The molecule has 1 heterocycles. The van der Waals surface area contributed by atoms with E-state index in [9.17, 15) is 13.2 Å². The number of amides is 1. The highest BCUT2D eigenvalue weighted by Crippen LogP contribution is 2.33. The van der Waals surface area contributed by atoms with E-state index >= 15 is 0 Å². The summed E-state index contributed by atoms with van der Waals surface area (Å²) in [6.45, 7) is 0.865. The number of carbonyl (C=O) groups is 1. The van der Waals surface area contributed by atoms with Gasteiger partial charge >= 0.3 is 0 Å². The third kappa shape index (κ3) is 5.66. The van der Waals surface area contributed by atoms with E-state index in [0.717, 1.165) is 17.7 Å². The van der Waals surface area contributed by atoms with Crippen LogP contribution in [0.4, 0.5) is 5.69 Å². The molecule has 1 saturated heterocycles. The van der Waals surface area contributed by atoms with E-state index in [0.29, 0.717) is 41.7 Å². The first-order valence-corrected chi connectivity index (χ1v) is 12.2. The highest BCUT2D eigenvalue weighted by molar-refractivity contribution is 7.98. The molecule has 0 saturated carbocycles. The zero-order chi connectivity index (χ0) is 20.9. The molecule has 0 aromatic heterocycles. The standard InChI is InChI=1S/C20H23ClN2O4S2/c1-27-19-8-7-17(13-18(19)23-10-3-6-20(23)24)29(25,26)22-9-11-28-14-15-4-2-5-16(21)12-15/h2,4-5,7-8,12-13,22H,3,6,9-11,14H2,1H3. The molecular formula is C20H23ClN2O4S2. The van der Waals surface area contributed by atoms with Gasteiger partial charge in [-0.25, -0.2) is 13.1 Å². The van der Waals surface area contributed by atoms with Gasteiger partial charge in [0, 0.05) is 36.0 Å². The van der Waals surface area contributed by atoms with E-state index in [4.69, 9.17) is 16.3 Å². The molecule has 1 N–H and O–H groups in total. The van der Waals surface area contributed by atoms with Crippen molar-refractivity contribution in [2.75, 3.05) is 30.9 Å². The Morgan fingerprint density at radius 2 is 2.07 bits per heavy atom. The van der Waals surface area contributed by atoms with Crippen LogP contribution < -0.4 is 14.4 Å². The van der Waals surface area contributed by atoms with Crippen molar-refractivity contribution in [3.8, 4) is 5.75 Å². The second-order valence-electron chi connectivity index (χ2n) is 6.56. The number of rotatable bonds is 9. The van der Waals surface area contributed by atoms with E-state index in [1.165, 1.54) is 19.2 Å². The molecule has 0 aliphatic carbocycles.